The maximum Gasteiger partial charge on any atom is 0.277 e. The molecule has 0 aliphatic carbocycles. The van der Waals surface area contributed by atoms with Crippen LogP contribution in [-0.2, 0) is 19.4 Å². The van der Waals surface area contributed by atoms with Gasteiger partial charge < -0.3 is 15.2 Å². The van der Waals surface area contributed by atoms with Gasteiger partial charge in [-0.3, -0.25) is 14.5 Å². The van der Waals surface area contributed by atoms with E-state index in [1.807, 2.05) is 0 Å². The summed E-state index contributed by atoms with van der Waals surface area (Å²) < 4.78 is 28.4. The fourth-order valence-electron chi connectivity index (χ4n) is 2.07. The van der Waals surface area contributed by atoms with Crippen LogP contribution in [0.4, 0.5) is 5.69 Å². The first-order valence-electron chi connectivity index (χ1n) is 6.61. The number of ether oxygens (including phenoxy) is 1. The molecular formula is C14H16N2O6S. The van der Waals surface area contributed by atoms with Gasteiger partial charge in [0.1, 0.15) is 11.4 Å². The highest BCUT2D eigenvalue weighted by Crippen LogP contribution is 2.29. The standard InChI is InChI=1S/C14H16N2O6S/c1-22-12-4-3-9(23(2,20)21)7-10(12)15-11-8-13(18)16(5-6-17)14(11)19/h3-4,7-8,15,17H,5-6H2,1-2H3. The van der Waals surface area contributed by atoms with Crippen molar-refractivity contribution in [2.75, 3.05) is 31.8 Å². The van der Waals surface area contributed by atoms with E-state index in [0.29, 0.717) is 5.75 Å². The number of carbonyl (C=O) groups is 2. The van der Waals surface area contributed by atoms with Gasteiger partial charge in [-0.25, -0.2) is 8.42 Å². The molecule has 1 heterocycles. The van der Waals surface area contributed by atoms with E-state index in [9.17, 15) is 18.0 Å². The number of nitrogens with zero attached hydrogens (tertiary/aromatic N) is 1. The molecule has 0 fully saturated rings. The van der Waals surface area contributed by atoms with Crippen molar-refractivity contribution in [3.8, 4) is 5.75 Å². The molecule has 0 saturated carbocycles. The van der Waals surface area contributed by atoms with Gasteiger partial charge in [0.25, 0.3) is 11.8 Å². The number of sulfone groups is 1. The number of aliphatic hydroxyl groups is 1. The highest BCUT2D eigenvalue weighted by atomic mass is 32.2. The first-order valence-corrected chi connectivity index (χ1v) is 8.50. The molecule has 2 N–H and O–H groups in total. The summed E-state index contributed by atoms with van der Waals surface area (Å²) in [6.07, 6.45) is 2.15. The van der Waals surface area contributed by atoms with Crippen LogP contribution in [0.3, 0.4) is 0 Å². The number of β-amino-alcohol motifs (C(OH)–C–C–N with tert-alkyl or cyclic N) is 1. The SMILES string of the molecule is COc1ccc(S(C)(=O)=O)cc1NC1=CC(=O)N(CCO)C1=O. The van der Waals surface area contributed by atoms with Crippen molar-refractivity contribution in [2.45, 2.75) is 4.90 Å². The van der Waals surface area contributed by atoms with Crippen molar-refractivity contribution in [1.29, 1.82) is 0 Å². The van der Waals surface area contributed by atoms with E-state index < -0.39 is 21.7 Å². The van der Waals surface area contributed by atoms with Crippen LogP contribution in [0.2, 0.25) is 0 Å². The van der Waals surface area contributed by atoms with Crippen LogP contribution in [0.15, 0.2) is 34.9 Å². The summed E-state index contributed by atoms with van der Waals surface area (Å²) in [6.45, 7) is -0.453. The van der Waals surface area contributed by atoms with Gasteiger partial charge in [-0.15, -0.1) is 0 Å². The number of methoxy groups -OCH3 is 1. The molecule has 9 heteroatoms. The predicted octanol–water partition coefficient (Wildman–Crippen LogP) is -0.244. The Morgan fingerprint density at radius 3 is 2.57 bits per heavy atom. The molecule has 0 unspecified atom stereocenters. The molecule has 0 spiro atoms. The molecule has 1 aromatic rings. The molecule has 8 nitrogen and oxygen atoms in total. The Morgan fingerprint density at radius 1 is 1.30 bits per heavy atom. The number of nitrogens with one attached hydrogen (secondary N) is 1. The lowest BCUT2D eigenvalue weighted by molar-refractivity contribution is -0.137. The maximum atomic E-state index is 12.1. The van der Waals surface area contributed by atoms with E-state index in [2.05, 4.69) is 5.32 Å². The average molecular weight is 340 g/mol. The van der Waals surface area contributed by atoms with Gasteiger partial charge in [-0.05, 0) is 18.2 Å². The van der Waals surface area contributed by atoms with E-state index in [-0.39, 0.29) is 29.4 Å². The molecule has 0 radical (unpaired) electrons. The van der Waals surface area contributed by atoms with Crippen molar-refractivity contribution >= 4 is 27.3 Å². The van der Waals surface area contributed by atoms with E-state index >= 15 is 0 Å². The highest BCUT2D eigenvalue weighted by molar-refractivity contribution is 7.90. The summed E-state index contributed by atoms with van der Waals surface area (Å²) >= 11 is 0. The van der Waals surface area contributed by atoms with E-state index in [0.717, 1.165) is 17.2 Å². The Hall–Kier alpha value is -2.39. The van der Waals surface area contributed by atoms with E-state index in [1.165, 1.54) is 25.3 Å². The minimum absolute atomic E-state index is 0.0209. The molecule has 0 atom stereocenters. The van der Waals surface area contributed by atoms with Crippen LogP contribution in [0, 0.1) is 0 Å². The Labute approximate surface area is 133 Å². The second-order valence-electron chi connectivity index (χ2n) is 4.84. The summed E-state index contributed by atoms with van der Waals surface area (Å²) in [5.41, 5.74) is 0.223. The maximum absolute atomic E-state index is 12.1. The molecule has 1 aliphatic heterocycles. The second-order valence-corrected chi connectivity index (χ2v) is 6.85. The molecule has 0 saturated heterocycles. The molecular weight excluding hydrogens is 324 g/mol. The number of hydrogen-bond acceptors (Lipinski definition) is 7. The van der Waals surface area contributed by atoms with Crippen LogP contribution < -0.4 is 10.1 Å². The van der Waals surface area contributed by atoms with Gasteiger partial charge in [0.15, 0.2) is 9.84 Å². The normalized spacial score (nSPS) is 14.9. The summed E-state index contributed by atoms with van der Waals surface area (Å²) in [4.78, 5) is 24.7. The van der Waals surface area contributed by atoms with Crippen LogP contribution in [0.5, 0.6) is 5.75 Å². The molecule has 2 amide bonds. The lowest BCUT2D eigenvalue weighted by Crippen LogP contribution is -2.34. The van der Waals surface area contributed by atoms with Gasteiger partial charge in [0.2, 0.25) is 0 Å². The van der Waals surface area contributed by atoms with Crippen molar-refractivity contribution in [1.82, 2.24) is 4.90 Å². The monoisotopic (exact) mass is 340 g/mol. The molecule has 23 heavy (non-hydrogen) atoms. The van der Waals surface area contributed by atoms with Crippen LogP contribution in [0.1, 0.15) is 0 Å². The zero-order valence-electron chi connectivity index (χ0n) is 12.6. The smallest absolute Gasteiger partial charge is 0.277 e. The molecule has 1 aliphatic rings. The third-order valence-electron chi connectivity index (χ3n) is 3.20. The number of aliphatic hydroxyl groups excluding tert-OH is 1. The number of benzene rings is 1. The number of rotatable bonds is 6. The largest absolute Gasteiger partial charge is 0.495 e. The number of hydrogen-bond donors (Lipinski definition) is 2. The van der Waals surface area contributed by atoms with Crippen LogP contribution >= 0.6 is 0 Å². The molecule has 0 bridgehead atoms. The first-order chi connectivity index (χ1) is 10.8. The fraction of sp³-hybridized carbons (Fsp3) is 0.286. The second kappa shape index (κ2) is 6.39. The minimum Gasteiger partial charge on any atom is -0.495 e. The molecule has 2 rings (SSSR count). The lowest BCUT2D eigenvalue weighted by Gasteiger charge is -2.15. The summed E-state index contributed by atoms with van der Waals surface area (Å²) in [6, 6.07) is 4.15. The zero-order chi connectivity index (χ0) is 17.2. The van der Waals surface area contributed by atoms with Crippen LogP contribution in [-0.4, -0.2) is 56.8 Å². The van der Waals surface area contributed by atoms with E-state index in [4.69, 9.17) is 9.84 Å². The Bertz CT molecular complexity index is 784. The first kappa shape index (κ1) is 17.0. The number of imide groups is 1. The molecule has 1 aromatic carbocycles. The van der Waals surface area contributed by atoms with Gasteiger partial charge >= 0.3 is 0 Å². The van der Waals surface area contributed by atoms with E-state index in [1.54, 1.807) is 0 Å². The van der Waals surface area contributed by atoms with Gasteiger partial charge in [0.05, 0.1) is 30.8 Å². The molecule has 124 valence electrons. The zero-order valence-corrected chi connectivity index (χ0v) is 13.4. The molecule has 0 aromatic heterocycles. The van der Waals surface area contributed by atoms with Crippen molar-refractivity contribution < 1.29 is 27.9 Å². The van der Waals surface area contributed by atoms with Crippen LogP contribution in [0.25, 0.3) is 0 Å². The quantitative estimate of drug-likeness (QED) is 0.687. The highest BCUT2D eigenvalue weighted by Gasteiger charge is 2.31. The Balaban J connectivity index is 2.35. The van der Waals surface area contributed by atoms with Gasteiger partial charge in [-0.1, -0.05) is 0 Å². The van der Waals surface area contributed by atoms with Gasteiger partial charge in [0, 0.05) is 12.3 Å². The third-order valence-corrected chi connectivity index (χ3v) is 4.31. The van der Waals surface area contributed by atoms with Crippen molar-refractivity contribution in [3.05, 3.63) is 30.0 Å². The number of carbonyl (C=O) groups excluding carboxylic acids is 2. The third kappa shape index (κ3) is 3.51. The summed E-state index contributed by atoms with van der Waals surface area (Å²) in [7, 11) is -2.04. The minimum atomic E-state index is -3.44. The summed E-state index contributed by atoms with van der Waals surface area (Å²) in [5, 5.41) is 11.6. The van der Waals surface area contributed by atoms with Gasteiger partial charge in [-0.2, -0.15) is 0 Å². The number of amides is 2. The number of anilines is 1. The summed E-state index contributed by atoms with van der Waals surface area (Å²) in [5.74, 6) is -0.834. The van der Waals surface area contributed by atoms with Crippen molar-refractivity contribution in [3.63, 3.8) is 0 Å². The predicted molar refractivity (Wildman–Crippen MR) is 81.6 cm³/mol. The Kier molecular flexibility index (Phi) is 4.71. The average Bonchev–Trinajstić information content (AvgIpc) is 2.74. The topological polar surface area (TPSA) is 113 Å². The lowest BCUT2D eigenvalue weighted by atomic mass is 10.2. The fourth-order valence-corrected chi connectivity index (χ4v) is 2.72. The Morgan fingerprint density at radius 2 is 2.00 bits per heavy atom. The van der Waals surface area contributed by atoms with Crippen molar-refractivity contribution in [2.24, 2.45) is 0 Å².